The molecule has 0 amide bonds. The Morgan fingerprint density at radius 1 is 0.240 bits per heavy atom. The Hall–Kier alpha value is -6.64. The molecule has 0 N–H and O–H groups in total. The lowest BCUT2D eigenvalue weighted by Gasteiger charge is -2.13. The summed E-state index contributed by atoms with van der Waals surface area (Å²) in [7, 11) is 0. The van der Waals surface area contributed by atoms with Crippen LogP contribution >= 0.6 is 0 Å². The van der Waals surface area contributed by atoms with Gasteiger partial charge in [-0.1, -0.05) is 158 Å². The summed E-state index contributed by atoms with van der Waals surface area (Å²) in [6, 6.07) is 70.3. The van der Waals surface area contributed by atoms with Gasteiger partial charge in [0.15, 0.2) is 0 Å². The SMILES string of the molecule is c1ccc(-n2c3ccccc3c3cccc(-c4ccc(-c5ccc(-c6cccc7c8ccccc8n(-c8ccccc8)c67)cc5)cc4)c32)cc1. The lowest BCUT2D eigenvalue weighted by Crippen LogP contribution is -1.95. The van der Waals surface area contributed by atoms with Gasteiger partial charge in [-0.2, -0.15) is 0 Å². The lowest BCUT2D eigenvalue weighted by atomic mass is 9.96. The van der Waals surface area contributed by atoms with E-state index < -0.39 is 0 Å². The molecule has 0 saturated heterocycles. The molecule has 2 aromatic heterocycles. The molecule has 2 heterocycles. The molecule has 0 unspecified atom stereocenters. The molecule has 0 bridgehead atoms. The summed E-state index contributed by atoms with van der Waals surface area (Å²) in [5, 5.41) is 5.07. The Morgan fingerprint density at radius 3 is 1.00 bits per heavy atom. The second-order valence-electron chi connectivity index (χ2n) is 12.9. The van der Waals surface area contributed by atoms with E-state index in [1.165, 1.54) is 88.4 Å². The highest BCUT2D eigenvalue weighted by molar-refractivity contribution is 6.15. The molecule has 0 atom stereocenters. The van der Waals surface area contributed by atoms with Crippen LogP contribution in [0, 0.1) is 0 Å². The van der Waals surface area contributed by atoms with E-state index in [1.54, 1.807) is 0 Å². The van der Waals surface area contributed by atoms with Gasteiger partial charge in [0, 0.05) is 44.0 Å². The fourth-order valence-corrected chi connectivity index (χ4v) is 7.88. The first-order valence-corrected chi connectivity index (χ1v) is 17.2. The third-order valence-corrected chi connectivity index (χ3v) is 10.1. The van der Waals surface area contributed by atoms with Crippen LogP contribution in [0.2, 0.25) is 0 Å². The number of nitrogens with zero attached hydrogens (tertiary/aromatic N) is 2. The van der Waals surface area contributed by atoms with Gasteiger partial charge in [0.2, 0.25) is 0 Å². The molecular formula is C48H32N2. The highest BCUT2D eigenvalue weighted by Crippen LogP contribution is 2.40. The Morgan fingerprint density at radius 2 is 0.580 bits per heavy atom. The van der Waals surface area contributed by atoms with Crippen molar-refractivity contribution in [3.05, 3.63) is 194 Å². The molecule has 8 aromatic carbocycles. The zero-order chi connectivity index (χ0) is 33.0. The number of rotatable bonds is 5. The molecule has 0 aliphatic heterocycles. The zero-order valence-corrected chi connectivity index (χ0v) is 27.4. The fraction of sp³-hybridized carbons (Fsp3) is 0. The van der Waals surface area contributed by atoms with Crippen molar-refractivity contribution in [2.75, 3.05) is 0 Å². The smallest absolute Gasteiger partial charge is 0.0619 e. The molecule has 2 nitrogen and oxygen atoms in total. The van der Waals surface area contributed by atoms with Crippen molar-refractivity contribution in [1.29, 1.82) is 0 Å². The highest BCUT2D eigenvalue weighted by Gasteiger charge is 2.18. The summed E-state index contributed by atoms with van der Waals surface area (Å²) in [6.45, 7) is 0. The van der Waals surface area contributed by atoms with Gasteiger partial charge in [-0.25, -0.2) is 0 Å². The number of fused-ring (bicyclic) bond motifs is 6. The molecule has 50 heavy (non-hydrogen) atoms. The largest absolute Gasteiger partial charge is 0.309 e. The quantitative estimate of drug-likeness (QED) is 0.178. The molecule has 0 saturated carbocycles. The van der Waals surface area contributed by atoms with Crippen molar-refractivity contribution < 1.29 is 0 Å². The van der Waals surface area contributed by atoms with E-state index in [2.05, 4.69) is 203 Å². The molecular weight excluding hydrogens is 605 g/mol. The summed E-state index contributed by atoms with van der Waals surface area (Å²) in [6.07, 6.45) is 0. The van der Waals surface area contributed by atoms with Crippen molar-refractivity contribution in [3.63, 3.8) is 0 Å². The first-order valence-electron chi connectivity index (χ1n) is 17.2. The Balaban J connectivity index is 1.05. The van der Waals surface area contributed by atoms with Crippen LogP contribution in [-0.2, 0) is 0 Å². The molecule has 2 heteroatoms. The Bertz CT molecular complexity index is 2620. The van der Waals surface area contributed by atoms with Crippen molar-refractivity contribution in [2.45, 2.75) is 0 Å². The van der Waals surface area contributed by atoms with E-state index in [9.17, 15) is 0 Å². The summed E-state index contributed by atoms with van der Waals surface area (Å²) in [5.41, 5.74) is 14.5. The Labute approximate surface area is 290 Å². The molecule has 10 rings (SSSR count). The predicted molar refractivity (Wildman–Crippen MR) is 211 cm³/mol. The molecule has 10 aromatic rings. The number of aromatic nitrogens is 2. The summed E-state index contributed by atoms with van der Waals surface area (Å²) in [4.78, 5) is 0. The number of para-hydroxylation sites is 6. The van der Waals surface area contributed by atoms with Crippen LogP contribution in [0.25, 0.3) is 88.4 Å². The van der Waals surface area contributed by atoms with Gasteiger partial charge in [-0.3, -0.25) is 0 Å². The van der Waals surface area contributed by atoms with Crippen LogP contribution in [0.1, 0.15) is 0 Å². The molecule has 0 spiro atoms. The second-order valence-corrected chi connectivity index (χ2v) is 12.9. The second kappa shape index (κ2) is 11.5. The van der Waals surface area contributed by atoms with Crippen LogP contribution in [-0.4, -0.2) is 9.13 Å². The van der Waals surface area contributed by atoms with Crippen molar-refractivity contribution in [1.82, 2.24) is 9.13 Å². The number of hydrogen-bond donors (Lipinski definition) is 0. The van der Waals surface area contributed by atoms with Crippen LogP contribution in [0.3, 0.4) is 0 Å². The molecule has 0 radical (unpaired) electrons. The monoisotopic (exact) mass is 636 g/mol. The minimum absolute atomic E-state index is 1.17. The zero-order valence-electron chi connectivity index (χ0n) is 27.4. The number of hydrogen-bond acceptors (Lipinski definition) is 0. The minimum Gasteiger partial charge on any atom is -0.309 e. The van der Waals surface area contributed by atoms with E-state index in [0.717, 1.165) is 0 Å². The maximum atomic E-state index is 2.41. The van der Waals surface area contributed by atoms with E-state index in [-0.39, 0.29) is 0 Å². The van der Waals surface area contributed by atoms with Gasteiger partial charge in [0.05, 0.1) is 22.1 Å². The topological polar surface area (TPSA) is 9.86 Å². The van der Waals surface area contributed by atoms with Gasteiger partial charge < -0.3 is 9.13 Å². The van der Waals surface area contributed by atoms with E-state index in [4.69, 9.17) is 0 Å². The molecule has 0 aliphatic rings. The van der Waals surface area contributed by atoms with Crippen molar-refractivity contribution >= 4 is 43.6 Å². The van der Waals surface area contributed by atoms with E-state index in [1.807, 2.05) is 0 Å². The first kappa shape index (κ1) is 28.4. The summed E-state index contributed by atoms with van der Waals surface area (Å²) < 4.78 is 4.81. The fourth-order valence-electron chi connectivity index (χ4n) is 7.88. The maximum absolute atomic E-state index is 2.41. The van der Waals surface area contributed by atoms with Gasteiger partial charge >= 0.3 is 0 Å². The van der Waals surface area contributed by atoms with Crippen molar-refractivity contribution in [2.24, 2.45) is 0 Å². The number of benzene rings is 8. The maximum Gasteiger partial charge on any atom is 0.0619 e. The standard InChI is InChI=1S/C48H32N2/c1-3-13-37(14-4-1)49-45-23-9-7-17-41(45)43-21-11-19-39(47(43)49)35-29-25-33(26-30-35)34-27-31-36(32-28-34)40-20-12-22-44-42-18-8-10-24-46(42)50(48(40)44)38-15-5-2-6-16-38/h1-32H. The van der Waals surface area contributed by atoms with Gasteiger partial charge in [0.25, 0.3) is 0 Å². The average Bonchev–Trinajstić information content (AvgIpc) is 3.72. The molecule has 234 valence electrons. The normalized spacial score (nSPS) is 11.6. The molecule has 0 aliphatic carbocycles. The van der Waals surface area contributed by atoms with Crippen LogP contribution in [0.15, 0.2) is 194 Å². The summed E-state index contributed by atoms with van der Waals surface area (Å²) >= 11 is 0. The minimum atomic E-state index is 1.17. The predicted octanol–water partition coefficient (Wildman–Crippen LogP) is 12.9. The van der Waals surface area contributed by atoms with Gasteiger partial charge in [0.1, 0.15) is 0 Å². The van der Waals surface area contributed by atoms with Crippen LogP contribution in [0.4, 0.5) is 0 Å². The Kier molecular flexibility index (Phi) is 6.53. The molecule has 0 fully saturated rings. The van der Waals surface area contributed by atoms with Crippen molar-refractivity contribution in [3.8, 4) is 44.8 Å². The van der Waals surface area contributed by atoms with Gasteiger partial charge in [-0.15, -0.1) is 0 Å². The lowest BCUT2D eigenvalue weighted by molar-refractivity contribution is 1.18. The first-order chi connectivity index (χ1) is 24.8. The van der Waals surface area contributed by atoms with Gasteiger partial charge in [-0.05, 0) is 58.7 Å². The third-order valence-electron chi connectivity index (χ3n) is 10.1. The average molecular weight is 637 g/mol. The summed E-state index contributed by atoms with van der Waals surface area (Å²) in [5.74, 6) is 0. The van der Waals surface area contributed by atoms with Crippen LogP contribution < -0.4 is 0 Å². The highest BCUT2D eigenvalue weighted by atomic mass is 15.0. The van der Waals surface area contributed by atoms with Crippen LogP contribution in [0.5, 0.6) is 0 Å². The third kappa shape index (κ3) is 4.43. The van der Waals surface area contributed by atoms with E-state index >= 15 is 0 Å². The van der Waals surface area contributed by atoms with E-state index in [0.29, 0.717) is 0 Å².